The lowest BCUT2D eigenvalue weighted by Crippen LogP contribution is -2.47. The number of carbonyl (C=O) groups is 3. The van der Waals surface area contributed by atoms with E-state index in [2.05, 4.69) is 62.3 Å². The monoisotopic (exact) mass is 586 g/mol. The molecule has 0 spiro atoms. The van der Waals surface area contributed by atoms with Crippen LogP contribution in [0, 0.1) is 6.92 Å². The molecule has 0 bridgehead atoms. The van der Waals surface area contributed by atoms with E-state index in [0.717, 1.165) is 57.5 Å². The van der Waals surface area contributed by atoms with Crippen LogP contribution in [0.4, 0.5) is 21.9 Å². The van der Waals surface area contributed by atoms with Crippen LogP contribution in [0.3, 0.4) is 0 Å². The highest BCUT2D eigenvalue weighted by molar-refractivity contribution is 6.05. The lowest BCUT2D eigenvalue weighted by atomic mass is 9.96. The molecule has 1 aliphatic carbocycles. The molecule has 2 fully saturated rings. The SMILES string of the molecule is Cc1ccccc1N1CCN(c2ccc(C(=O)NCCCNC(=O)NC3CCCCC3)cc2NC(=O)c2ccco2)CC1. The molecular formula is C33H42N6O4. The molecule has 1 saturated heterocycles. The lowest BCUT2D eigenvalue weighted by Gasteiger charge is -2.38. The largest absolute Gasteiger partial charge is 0.459 e. The Hall–Kier alpha value is -4.47. The average Bonchev–Trinajstić information content (AvgIpc) is 3.57. The lowest BCUT2D eigenvalue weighted by molar-refractivity contribution is 0.0951. The number of rotatable bonds is 10. The van der Waals surface area contributed by atoms with Crippen molar-refractivity contribution in [1.29, 1.82) is 0 Å². The third kappa shape index (κ3) is 8.09. The summed E-state index contributed by atoms with van der Waals surface area (Å²) in [6.07, 6.45) is 7.71. The number of furan rings is 1. The molecule has 1 aliphatic heterocycles. The highest BCUT2D eigenvalue weighted by atomic mass is 16.3. The van der Waals surface area contributed by atoms with Crippen LogP contribution in [0.25, 0.3) is 0 Å². The molecule has 1 aromatic heterocycles. The molecule has 3 aromatic rings. The standard InChI is InChI=1S/C33H42N6O4/c1-24-9-5-6-12-28(24)38-18-20-39(21-19-38)29-15-14-25(23-27(29)37-32(41)30-13-7-22-43-30)31(40)34-16-8-17-35-33(42)36-26-10-3-2-4-11-26/h5-7,9,12-15,22-23,26H,2-4,8,10-11,16-21H2,1H3,(H,34,40)(H,37,41)(H2,35,36,42). The first-order valence-electron chi connectivity index (χ1n) is 15.3. The minimum Gasteiger partial charge on any atom is -0.459 e. The van der Waals surface area contributed by atoms with Crippen molar-refractivity contribution in [2.24, 2.45) is 0 Å². The van der Waals surface area contributed by atoms with E-state index in [9.17, 15) is 14.4 Å². The van der Waals surface area contributed by atoms with Crippen molar-refractivity contribution < 1.29 is 18.8 Å². The Morgan fingerprint density at radius 3 is 2.26 bits per heavy atom. The zero-order valence-corrected chi connectivity index (χ0v) is 24.9. The second-order valence-electron chi connectivity index (χ2n) is 11.3. The third-order valence-corrected chi connectivity index (χ3v) is 8.19. The van der Waals surface area contributed by atoms with Gasteiger partial charge in [0.2, 0.25) is 0 Å². The van der Waals surface area contributed by atoms with E-state index in [0.29, 0.717) is 30.8 Å². The van der Waals surface area contributed by atoms with Gasteiger partial charge in [-0.15, -0.1) is 0 Å². The van der Waals surface area contributed by atoms with E-state index >= 15 is 0 Å². The fraction of sp³-hybridized carbons (Fsp3) is 0.424. The molecule has 0 unspecified atom stereocenters. The highest BCUT2D eigenvalue weighted by Gasteiger charge is 2.23. The fourth-order valence-electron chi connectivity index (χ4n) is 5.83. The number of hydrogen-bond acceptors (Lipinski definition) is 6. The topological polar surface area (TPSA) is 119 Å². The molecule has 2 aliphatic rings. The number of carbonyl (C=O) groups excluding carboxylic acids is 3. The predicted molar refractivity (Wildman–Crippen MR) is 169 cm³/mol. The van der Waals surface area contributed by atoms with Crippen molar-refractivity contribution in [2.75, 3.05) is 54.4 Å². The minimum absolute atomic E-state index is 0.148. The van der Waals surface area contributed by atoms with E-state index in [1.165, 1.54) is 23.9 Å². The summed E-state index contributed by atoms with van der Waals surface area (Å²) in [4.78, 5) is 42.7. The van der Waals surface area contributed by atoms with Gasteiger partial charge in [-0.2, -0.15) is 0 Å². The Morgan fingerprint density at radius 2 is 1.53 bits per heavy atom. The Kier molecular flexibility index (Phi) is 10.2. The van der Waals surface area contributed by atoms with Gasteiger partial charge in [-0.25, -0.2) is 4.79 Å². The molecule has 0 atom stereocenters. The normalized spacial score (nSPS) is 15.6. The quantitative estimate of drug-likeness (QED) is 0.251. The summed E-state index contributed by atoms with van der Waals surface area (Å²) in [6.45, 7) is 6.22. The van der Waals surface area contributed by atoms with Crippen LogP contribution in [0.2, 0.25) is 0 Å². The number of nitrogens with zero attached hydrogens (tertiary/aromatic N) is 2. The van der Waals surface area contributed by atoms with Crippen molar-refractivity contribution >= 4 is 34.9 Å². The molecule has 5 rings (SSSR count). The molecule has 0 radical (unpaired) electrons. The second-order valence-corrected chi connectivity index (χ2v) is 11.3. The molecule has 10 nitrogen and oxygen atoms in total. The van der Waals surface area contributed by atoms with Gasteiger partial charge in [0.15, 0.2) is 5.76 Å². The summed E-state index contributed by atoms with van der Waals surface area (Å²) in [5.41, 5.74) is 4.34. The molecular weight excluding hydrogens is 544 g/mol. The van der Waals surface area contributed by atoms with E-state index in [-0.39, 0.29) is 29.6 Å². The summed E-state index contributed by atoms with van der Waals surface area (Å²) in [5, 5.41) is 11.8. The number of urea groups is 1. The highest BCUT2D eigenvalue weighted by Crippen LogP contribution is 2.30. The molecule has 4 N–H and O–H groups in total. The molecule has 2 aromatic carbocycles. The first-order valence-corrected chi connectivity index (χ1v) is 15.3. The van der Waals surface area contributed by atoms with Gasteiger partial charge in [0.05, 0.1) is 17.6 Å². The second kappa shape index (κ2) is 14.6. The first-order chi connectivity index (χ1) is 21.0. The van der Waals surface area contributed by atoms with Crippen LogP contribution in [-0.4, -0.2) is 63.2 Å². The van der Waals surface area contributed by atoms with Crippen molar-refractivity contribution in [1.82, 2.24) is 16.0 Å². The molecule has 2 heterocycles. The van der Waals surface area contributed by atoms with E-state index < -0.39 is 0 Å². The predicted octanol–water partition coefficient (Wildman–Crippen LogP) is 4.92. The summed E-state index contributed by atoms with van der Waals surface area (Å²) < 4.78 is 5.29. The number of para-hydroxylation sites is 1. The number of nitrogens with one attached hydrogen (secondary N) is 4. The van der Waals surface area contributed by atoms with Crippen molar-refractivity contribution in [2.45, 2.75) is 51.5 Å². The Morgan fingerprint density at radius 1 is 0.814 bits per heavy atom. The summed E-state index contributed by atoms with van der Waals surface area (Å²) >= 11 is 0. The van der Waals surface area contributed by atoms with Crippen molar-refractivity contribution in [3.05, 3.63) is 77.7 Å². The first kappa shape index (κ1) is 30.0. The summed E-state index contributed by atoms with van der Waals surface area (Å²) in [6, 6.07) is 17.2. The summed E-state index contributed by atoms with van der Waals surface area (Å²) in [5.74, 6) is -0.416. The number of amides is 4. The van der Waals surface area contributed by atoms with Gasteiger partial charge < -0.3 is 35.5 Å². The van der Waals surface area contributed by atoms with Gasteiger partial charge in [-0.3, -0.25) is 9.59 Å². The molecule has 43 heavy (non-hydrogen) atoms. The van der Waals surface area contributed by atoms with E-state index in [1.807, 2.05) is 6.07 Å². The van der Waals surface area contributed by atoms with E-state index in [1.54, 1.807) is 24.3 Å². The van der Waals surface area contributed by atoms with Crippen LogP contribution in [0.5, 0.6) is 0 Å². The third-order valence-electron chi connectivity index (χ3n) is 8.19. The maximum atomic E-state index is 13.0. The number of hydrogen-bond donors (Lipinski definition) is 4. The molecule has 4 amide bonds. The van der Waals surface area contributed by atoms with Crippen LogP contribution in [0.15, 0.2) is 65.3 Å². The zero-order chi connectivity index (χ0) is 30.0. The van der Waals surface area contributed by atoms with Crippen LogP contribution in [-0.2, 0) is 0 Å². The Bertz CT molecular complexity index is 1380. The average molecular weight is 587 g/mol. The van der Waals surface area contributed by atoms with Crippen LogP contribution < -0.4 is 31.1 Å². The van der Waals surface area contributed by atoms with Crippen molar-refractivity contribution in [3.8, 4) is 0 Å². The maximum Gasteiger partial charge on any atom is 0.315 e. The van der Waals surface area contributed by atoms with Crippen LogP contribution in [0.1, 0.15) is 65.0 Å². The van der Waals surface area contributed by atoms with Gasteiger partial charge in [0, 0.05) is 56.6 Å². The van der Waals surface area contributed by atoms with Crippen molar-refractivity contribution in [3.63, 3.8) is 0 Å². The number of anilines is 3. The Balaban J connectivity index is 1.18. The van der Waals surface area contributed by atoms with Gasteiger partial charge in [-0.1, -0.05) is 37.5 Å². The minimum atomic E-state index is -0.375. The maximum absolute atomic E-state index is 13.0. The van der Waals surface area contributed by atoms with Crippen LogP contribution >= 0.6 is 0 Å². The van der Waals surface area contributed by atoms with E-state index in [4.69, 9.17) is 4.42 Å². The summed E-state index contributed by atoms with van der Waals surface area (Å²) in [7, 11) is 0. The zero-order valence-electron chi connectivity index (χ0n) is 24.9. The van der Waals surface area contributed by atoms with Gasteiger partial charge in [0.1, 0.15) is 0 Å². The number of aryl methyl sites for hydroxylation is 1. The van der Waals surface area contributed by atoms with Gasteiger partial charge >= 0.3 is 6.03 Å². The fourth-order valence-corrected chi connectivity index (χ4v) is 5.83. The van der Waals surface area contributed by atoms with Gasteiger partial charge in [-0.05, 0) is 68.1 Å². The molecule has 10 heteroatoms. The number of piperazine rings is 1. The molecule has 228 valence electrons. The Labute approximate surface area is 253 Å². The smallest absolute Gasteiger partial charge is 0.315 e. The number of benzene rings is 2. The van der Waals surface area contributed by atoms with Gasteiger partial charge in [0.25, 0.3) is 11.8 Å². The molecule has 1 saturated carbocycles.